The number of aromatic amines is 1. The molecule has 0 aliphatic carbocycles. The number of amides is 1. The molecule has 1 amide bonds. The first-order valence-corrected chi connectivity index (χ1v) is 11.3. The van der Waals surface area contributed by atoms with E-state index in [0.29, 0.717) is 24.5 Å². The molecule has 1 fully saturated rings. The summed E-state index contributed by atoms with van der Waals surface area (Å²) in [5, 5.41) is 6.44. The summed E-state index contributed by atoms with van der Waals surface area (Å²) in [6.07, 6.45) is 3.11. The van der Waals surface area contributed by atoms with Crippen LogP contribution in [0, 0.1) is 13.8 Å². The number of H-pyrrole nitrogens is 1. The molecular formula is C22H27N5O2S. The monoisotopic (exact) mass is 425 g/mol. The Hall–Kier alpha value is -2.74. The maximum atomic E-state index is 12.8. The molecule has 158 valence electrons. The number of hydrogen-bond donors (Lipinski definition) is 1. The molecule has 0 radical (unpaired) electrons. The largest absolute Gasteiger partial charge is 0.342 e. The second-order valence-electron chi connectivity index (χ2n) is 7.93. The highest BCUT2D eigenvalue weighted by molar-refractivity contribution is 7.13. The second-order valence-corrected chi connectivity index (χ2v) is 8.87. The summed E-state index contributed by atoms with van der Waals surface area (Å²) >= 11 is 1.57. The molecule has 0 bridgehead atoms. The van der Waals surface area contributed by atoms with E-state index in [0.717, 1.165) is 48.6 Å². The van der Waals surface area contributed by atoms with E-state index in [1.54, 1.807) is 17.4 Å². The third-order valence-electron chi connectivity index (χ3n) is 5.56. The van der Waals surface area contributed by atoms with Crippen LogP contribution in [0.15, 0.2) is 34.4 Å². The maximum Gasteiger partial charge on any atom is 0.251 e. The van der Waals surface area contributed by atoms with Crippen LogP contribution in [0.25, 0.3) is 10.6 Å². The van der Waals surface area contributed by atoms with E-state index in [2.05, 4.69) is 16.1 Å². The van der Waals surface area contributed by atoms with Crippen LogP contribution in [0.1, 0.15) is 48.8 Å². The van der Waals surface area contributed by atoms with Crippen molar-refractivity contribution >= 4 is 17.2 Å². The van der Waals surface area contributed by atoms with E-state index < -0.39 is 0 Å². The first-order chi connectivity index (χ1) is 14.5. The lowest BCUT2D eigenvalue weighted by Crippen LogP contribution is -2.39. The molecule has 3 aromatic rings. The van der Waals surface area contributed by atoms with Gasteiger partial charge in [-0.15, -0.1) is 11.3 Å². The van der Waals surface area contributed by atoms with Crippen molar-refractivity contribution in [3.05, 3.63) is 57.2 Å². The molecule has 3 aromatic heterocycles. The standard InChI is InChI=1S/C22H27N5O2S/c1-15-12-16(2)27(25-15)10-4-8-21(29)26-9-3-6-17(14-26)22-23-18(13-20(28)24-22)19-7-5-11-30-19/h5,7,11-13,17H,3-4,6,8-10,14H2,1-2H3,(H,23,24,28)/t17-/m0/s1. The normalized spacial score (nSPS) is 16.7. The number of rotatable bonds is 6. The molecule has 0 aromatic carbocycles. The zero-order valence-corrected chi connectivity index (χ0v) is 18.2. The van der Waals surface area contributed by atoms with Crippen molar-refractivity contribution in [3.8, 4) is 10.6 Å². The zero-order valence-electron chi connectivity index (χ0n) is 17.4. The summed E-state index contributed by atoms with van der Waals surface area (Å²) in [6, 6.07) is 7.51. The average Bonchev–Trinajstić information content (AvgIpc) is 3.37. The fraction of sp³-hybridized carbons (Fsp3) is 0.455. The van der Waals surface area contributed by atoms with Gasteiger partial charge in [-0.25, -0.2) is 4.98 Å². The van der Waals surface area contributed by atoms with Gasteiger partial charge in [-0.1, -0.05) is 6.07 Å². The van der Waals surface area contributed by atoms with Gasteiger partial charge in [0.2, 0.25) is 5.91 Å². The minimum Gasteiger partial charge on any atom is -0.342 e. The fourth-order valence-corrected chi connectivity index (χ4v) is 4.77. The Morgan fingerprint density at radius 2 is 2.20 bits per heavy atom. The van der Waals surface area contributed by atoms with Crippen LogP contribution in [0.3, 0.4) is 0 Å². The number of likely N-dealkylation sites (tertiary alicyclic amines) is 1. The minimum absolute atomic E-state index is 0.0614. The highest BCUT2D eigenvalue weighted by Crippen LogP contribution is 2.27. The second kappa shape index (κ2) is 8.95. The lowest BCUT2D eigenvalue weighted by Gasteiger charge is -2.32. The van der Waals surface area contributed by atoms with Gasteiger partial charge in [0.05, 0.1) is 16.3 Å². The summed E-state index contributed by atoms with van der Waals surface area (Å²) in [4.78, 5) is 35.5. The topological polar surface area (TPSA) is 83.9 Å². The molecule has 0 unspecified atom stereocenters. The molecule has 4 heterocycles. The van der Waals surface area contributed by atoms with E-state index in [1.165, 1.54) is 0 Å². The predicted molar refractivity (Wildman–Crippen MR) is 118 cm³/mol. The average molecular weight is 426 g/mol. The van der Waals surface area contributed by atoms with Gasteiger partial charge < -0.3 is 9.88 Å². The number of carbonyl (C=O) groups is 1. The summed E-state index contributed by atoms with van der Waals surface area (Å²) < 4.78 is 1.96. The third-order valence-corrected chi connectivity index (χ3v) is 6.45. The number of carbonyl (C=O) groups excluding carboxylic acids is 1. The van der Waals surface area contributed by atoms with E-state index in [-0.39, 0.29) is 17.4 Å². The van der Waals surface area contributed by atoms with Crippen LogP contribution < -0.4 is 5.56 Å². The van der Waals surface area contributed by atoms with Crippen molar-refractivity contribution in [2.45, 2.75) is 52.0 Å². The Morgan fingerprint density at radius 3 is 2.93 bits per heavy atom. The van der Waals surface area contributed by atoms with Gasteiger partial charge >= 0.3 is 0 Å². The van der Waals surface area contributed by atoms with Crippen LogP contribution in [0.4, 0.5) is 0 Å². The van der Waals surface area contributed by atoms with E-state index in [4.69, 9.17) is 4.98 Å². The Morgan fingerprint density at radius 1 is 1.33 bits per heavy atom. The molecule has 4 rings (SSSR count). The van der Waals surface area contributed by atoms with Crippen LogP contribution in [0.5, 0.6) is 0 Å². The highest BCUT2D eigenvalue weighted by atomic mass is 32.1. The smallest absolute Gasteiger partial charge is 0.251 e. The van der Waals surface area contributed by atoms with Crippen LogP contribution in [0.2, 0.25) is 0 Å². The molecular weight excluding hydrogens is 398 g/mol. The Kier molecular flexibility index (Phi) is 6.13. The van der Waals surface area contributed by atoms with Crippen molar-refractivity contribution in [3.63, 3.8) is 0 Å². The summed E-state index contributed by atoms with van der Waals surface area (Å²) in [5.41, 5.74) is 2.69. The van der Waals surface area contributed by atoms with Crippen LogP contribution in [-0.2, 0) is 11.3 Å². The molecule has 0 saturated carbocycles. The zero-order chi connectivity index (χ0) is 21.1. The van der Waals surface area contributed by atoms with Crippen molar-refractivity contribution < 1.29 is 4.79 Å². The predicted octanol–water partition coefficient (Wildman–Crippen LogP) is 3.50. The van der Waals surface area contributed by atoms with Gasteiger partial charge in [0.1, 0.15) is 5.82 Å². The van der Waals surface area contributed by atoms with Gasteiger partial charge in [0.25, 0.3) is 5.56 Å². The number of thiophene rings is 1. The third kappa shape index (κ3) is 4.70. The first kappa shape index (κ1) is 20.5. The first-order valence-electron chi connectivity index (χ1n) is 10.4. The molecule has 8 heteroatoms. The van der Waals surface area contributed by atoms with Crippen LogP contribution >= 0.6 is 11.3 Å². The van der Waals surface area contributed by atoms with Crippen molar-refractivity contribution in [2.24, 2.45) is 0 Å². The van der Waals surface area contributed by atoms with E-state index in [1.807, 2.05) is 40.9 Å². The van der Waals surface area contributed by atoms with E-state index in [9.17, 15) is 9.59 Å². The van der Waals surface area contributed by atoms with Crippen molar-refractivity contribution in [1.82, 2.24) is 24.6 Å². The highest BCUT2D eigenvalue weighted by Gasteiger charge is 2.26. The summed E-state index contributed by atoms with van der Waals surface area (Å²) in [7, 11) is 0. The van der Waals surface area contributed by atoms with Crippen molar-refractivity contribution in [1.29, 1.82) is 0 Å². The molecule has 30 heavy (non-hydrogen) atoms. The number of aryl methyl sites for hydroxylation is 3. The maximum absolute atomic E-state index is 12.8. The number of hydrogen-bond acceptors (Lipinski definition) is 5. The molecule has 1 N–H and O–H groups in total. The van der Waals surface area contributed by atoms with E-state index >= 15 is 0 Å². The molecule has 1 saturated heterocycles. The Bertz CT molecular complexity index is 1070. The summed E-state index contributed by atoms with van der Waals surface area (Å²) in [6.45, 7) is 6.14. The lowest BCUT2D eigenvalue weighted by molar-refractivity contribution is -0.132. The molecule has 0 spiro atoms. The van der Waals surface area contributed by atoms with Gasteiger partial charge in [0.15, 0.2) is 0 Å². The quantitative estimate of drug-likeness (QED) is 0.655. The molecule has 1 atom stereocenters. The van der Waals surface area contributed by atoms with Gasteiger partial charge in [-0.2, -0.15) is 5.10 Å². The Labute approximate surface area is 179 Å². The minimum atomic E-state index is -0.142. The lowest BCUT2D eigenvalue weighted by atomic mass is 9.96. The van der Waals surface area contributed by atoms with Crippen LogP contribution in [-0.4, -0.2) is 43.6 Å². The molecule has 7 nitrogen and oxygen atoms in total. The summed E-state index contributed by atoms with van der Waals surface area (Å²) in [5.74, 6) is 0.912. The molecule has 1 aliphatic heterocycles. The van der Waals surface area contributed by atoms with Crippen molar-refractivity contribution in [2.75, 3.05) is 13.1 Å². The number of piperidine rings is 1. The van der Waals surface area contributed by atoms with Gasteiger partial charge in [-0.3, -0.25) is 14.3 Å². The van der Waals surface area contributed by atoms with Gasteiger partial charge in [-0.05, 0) is 50.6 Å². The number of aromatic nitrogens is 4. The SMILES string of the molecule is Cc1cc(C)n(CCCC(=O)N2CCC[C@H](c3nc(-c4cccs4)cc(=O)[nH]3)C2)n1. The number of nitrogens with zero attached hydrogens (tertiary/aromatic N) is 4. The Balaban J connectivity index is 1.39. The number of nitrogens with one attached hydrogen (secondary N) is 1. The fourth-order valence-electron chi connectivity index (χ4n) is 4.09. The molecule has 1 aliphatic rings. The van der Waals surface area contributed by atoms with Gasteiger partial charge in [0, 0.05) is 43.7 Å².